The molecule has 4 aliphatic carbocycles. The van der Waals surface area contributed by atoms with Crippen LogP contribution in [0.4, 0.5) is 5.69 Å². The lowest BCUT2D eigenvalue weighted by atomic mass is 9.52. The first-order valence-corrected chi connectivity index (χ1v) is 9.80. The zero-order valence-corrected chi connectivity index (χ0v) is 13.1. The number of rotatable bonds is 4. The summed E-state index contributed by atoms with van der Waals surface area (Å²) in [5, 5.41) is 0. The van der Waals surface area contributed by atoms with E-state index in [2.05, 4.69) is 4.72 Å². The number of hydrogen-bond donors (Lipinski definition) is 1. The molecule has 0 unspecified atom stereocenters. The van der Waals surface area contributed by atoms with E-state index in [0.29, 0.717) is 29.2 Å². The van der Waals surface area contributed by atoms with Crippen LogP contribution in [0, 0.1) is 29.6 Å². The SMILES string of the molecule is O=S(=O)(CC1C2CC3CC(C2)CC1C3)Nc1ccccc1. The van der Waals surface area contributed by atoms with Gasteiger partial charge in [0.2, 0.25) is 10.0 Å². The third-order valence-corrected chi connectivity index (χ3v) is 7.25. The summed E-state index contributed by atoms with van der Waals surface area (Å²) in [6.07, 6.45) is 6.52. The molecule has 3 nitrogen and oxygen atoms in total. The summed E-state index contributed by atoms with van der Waals surface area (Å²) in [6.45, 7) is 0. The number of nitrogens with one attached hydrogen (secondary N) is 1. The van der Waals surface area contributed by atoms with Crippen LogP contribution in [0.1, 0.15) is 32.1 Å². The van der Waals surface area contributed by atoms with Gasteiger partial charge in [-0.05, 0) is 73.8 Å². The molecule has 0 spiro atoms. The van der Waals surface area contributed by atoms with Crippen molar-refractivity contribution >= 4 is 15.7 Å². The second kappa shape index (κ2) is 5.01. The van der Waals surface area contributed by atoms with Crippen molar-refractivity contribution in [2.45, 2.75) is 32.1 Å². The van der Waals surface area contributed by atoms with Gasteiger partial charge in [0.25, 0.3) is 0 Å². The van der Waals surface area contributed by atoms with E-state index in [0.717, 1.165) is 11.8 Å². The molecular formula is C17H23NO2S. The highest BCUT2D eigenvalue weighted by Gasteiger charge is 2.49. The first-order valence-electron chi connectivity index (χ1n) is 8.14. The van der Waals surface area contributed by atoms with Crippen molar-refractivity contribution in [3.8, 4) is 0 Å². The smallest absolute Gasteiger partial charge is 0.233 e. The molecule has 0 atom stereocenters. The fourth-order valence-corrected chi connectivity index (χ4v) is 6.92. The highest BCUT2D eigenvalue weighted by Crippen LogP contribution is 2.56. The van der Waals surface area contributed by atoms with Gasteiger partial charge in [-0.25, -0.2) is 8.42 Å². The number of anilines is 1. The molecule has 0 saturated heterocycles. The molecule has 5 rings (SSSR count). The summed E-state index contributed by atoms with van der Waals surface area (Å²) < 4.78 is 27.7. The van der Waals surface area contributed by atoms with Gasteiger partial charge in [-0.15, -0.1) is 0 Å². The summed E-state index contributed by atoms with van der Waals surface area (Å²) in [5.41, 5.74) is 0.682. The molecule has 21 heavy (non-hydrogen) atoms. The number of sulfonamides is 1. The van der Waals surface area contributed by atoms with Crippen LogP contribution in [-0.2, 0) is 10.0 Å². The fraction of sp³-hybridized carbons (Fsp3) is 0.647. The van der Waals surface area contributed by atoms with Crippen molar-refractivity contribution in [3.05, 3.63) is 30.3 Å². The van der Waals surface area contributed by atoms with E-state index in [9.17, 15) is 8.42 Å². The number of para-hydroxylation sites is 1. The average Bonchev–Trinajstić information content (AvgIpc) is 2.43. The Bertz CT molecular complexity index is 583. The maximum Gasteiger partial charge on any atom is 0.233 e. The van der Waals surface area contributed by atoms with Gasteiger partial charge in [0.15, 0.2) is 0 Å². The number of benzene rings is 1. The van der Waals surface area contributed by atoms with Gasteiger partial charge in [0.05, 0.1) is 5.75 Å². The predicted molar refractivity (Wildman–Crippen MR) is 84.4 cm³/mol. The van der Waals surface area contributed by atoms with Crippen LogP contribution in [0.3, 0.4) is 0 Å². The quantitative estimate of drug-likeness (QED) is 0.925. The molecule has 4 heteroatoms. The van der Waals surface area contributed by atoms with Gasteiger partial charge in [0, 0.05) is 5.69 Å². The van der Waals surface area contributed by atoms with Crippen molar-refractivity contribution in [1.29, 1.82) is 0 Å². The highest BCUT2D eigenvalue weighted by atomic mass is 32.2. The average molecular weight is 305 g/mol. The second-order valence-corrected chi connectivity index (χ2v) is 9.11. The molecule has 1 aromatic rings. The summed E-state index contributed by atoms with van der Waals surface area (Å²) in [7, 11) is -3.23. The Morgan fingerprint density at radius 3 is 2.05 bits per heavy atom. The van der Waals surface area contributed by atoms with Crippen LogP contribution in [0.25, 0.3) is 0 Å². The molecule has 1 aromatic carbocycles. The topological polar surface area (TPSA) is 46.2 Å². The Morgan fingerprint density at radius 2 is 1.48 bits per heavy atom. The molecule has 4 fully saturated rings. The van der Waals surface area contributed by atoms with Crippen LogP contribution in [0.2, 0.25) is 0 Å². The van der Waals surface area contributed by atoms with Gasteiger partial charge < -0.3 is 0 Å². The molecule has 4 bridgehead atoms. The maximum atomic E-state index is 12.5. The van der Waals surface area contributed by atoms with E-state index in [1.165, 1.54) is 32.1 Å². The molecular weight excluding hydrogens is 282 g/mol. The third-order valence-electron chi connectivity index (χ3n) is 5.88. The Balaban J connectivity index is 1.48. The maximum absolute atomic E-state index is 12.5. The predicted octanol–water partition coefficient (Wildman–Crippen LogP) is 3.50. The Hall–Kier alpha value is -1.03. The van der Waals surface area contributed by atoms with Gasteiger partial charge in [-0.2, -0.15) is 0 Å². The Morgan fingerprint density at radius 1 is 0.905 bits per heavy atom. The number of hydrogen-bond acceptors (Lipinski definition) is 2. The zero-order chi connectivity index (χ0) is 14.4. The molecule has 1 N–H and O–H groups in total. The van der Waals surface area contributed by atoms with Crippen molar-refractivity contribution in [2.24, 2.45) is 29.6 Å². The van der Waals surface area contributed by atoms with Gasteiger partial charge >= 0.3 is 0 Å². The van der Waals surface area contributed by atoms with Crippen molar-refractivity contribution in [2.75, 3.05) is 10.5 Å². The van der Waals surface area contributed by atoms with Crippen molar-refractivity contribution in [3.63, 3.8) is 0 Å². The van der Waals surface area contributed by atoms with Gasteiger partial charge in [-0.1, -0.05) is 18.2 Å². The van der Waals surface area contributed by atoms with Crippen LogP contribution in [0.15, 0.2) is 30.3 Å². The lowest BCUT2D eigenvalue weighted by molar-refractivity contribution is -0.0267. The first kappa shape index (κ1) is 13.6. The third kappa shape index (κ3) is 2.70. The van der Waals surface area contributed by atoms with E-state index in [-0.39, 0.29) is 0 Å². The summed E-state index contributed by atoms with van der Waals surface area (Å²) >= 11 is 0. The standard InChI is InChI=1S/C17H23NO2S/c19-21(20,18-16-4-2-1-3-5-16)11-17-14-7-12-6-13(9-14)10-15(17)8-12/h1-5,12-15,17-18H,6-11H2. The fourth-order valence-electron chi connectivity index (χ4n) is 5.29. The molecule has 0 heterocycles. The molecule has 4 aliphatic rings. The monoisotopic (exact) mass is 305 g/mol. The lowest BCUT2D eigenvalue weighted by Crippen LogP contribution is -2.47. The van der Waals surface area contributed by atoms with E-state index in [4.69, 9.17) is 0 Å². The molecule has 114 valence electrons. The molecule has 0 aliphatic heterocycles. The van der Waals surface area contributed by atoms with Crippen LogP contribution >= 0.6 is 0 Å². The molecule has 4 saturated carbocycles. The summed E-state index contributed by atoms with van der Waals surface area (Å²) in [5.74, 6) is 3.82. The molecule has 0 aromatic heterocycles. The summed E-state index contributed by atoms with van der Waals surface area (Å²) in [6, 6.07) is 9.25. The second-order valence-electron chi connectivity index (χ2n) is 7.34. The van der Waals surface area contributed by atoms with Crippen molar-refractivity contribution in [1.82, 2.24) is 0 Å². The van der Waals surface area contributed by atoms with Gasteiger partial charge in [0.1, 0.15) is 0 Å². The van der Waals surface area contributed by atoms with E-state index in [1.54, 1.807) is 0 Å². The van der Waals surface area contributed by atoms with Crippen molar-refractivity contribution < 1.29 is 8.42 Å². The highest BCUT2D eigenvalue weighted by molar-refractivity contribution is 7.92. The van der Waals surface area contributed by atoms with E-state index >= 15 is 0 Å². The minimum Gasteiger partial charge on any atom is -0.284 e. The van der Waals surface area contributed by atoms with Gasteiger partial charge in [-0.3, -0.25) is 4.72 Å². The van der Waals surface area contributed by atoms with Crippen LogP contribution in [0.5, 0.6) is 0 Å². The minimum atomic E-state index is -3.23. The molecule has 0 radical (unpaired) electrons. The first-order chi connectivity index (χ1) is 10.1. The van der Waals surface area contributed by atoms with Crippen LogP contribution in [-0.4, -0.2) is 14.2 Å². The normalized spacial score (nSPS) is 37.6. The van der Waals surface area contributed by atoms with E-state index < -0.39 is 10.0 Å². The Kier molecular flexibility index (Phi) is 3.25. The largest absolute Gasteiger partial charge is 0.284 e. The minimum absolute atomic E-state index is 0.316. The summed E-state index contributed by atoms with van der Waals surface area (Å²) in [4.78, 5) is 0. The van der Waals surface area contributed by atoms with E-state index in [1.807, 2.05) is 30.3 Å². The Labute approximate surface area is 127 Å². The van der Waals surface area contributed by atoms with Crippen LogP contribution < -0.4 is 4.72 Å². The molecule has 0 amide bonds. The zero-order valence-electron chi connectivity index (χ0n) is 12.2. The lowest BCUT2D eigenvalue weighted by Gasteiger charge is -2.54.